The molecule has 3 rings (SSSR count). The topological polar surface area (TPSA) is 43.0 Å². The Morgan fingerprint density at radius 3 is 2.86 bits per heavy atom. The van der Waals surface area contributed by atoms with E-state index >= 15 is 0 Å². The van der Waals surface area contributed by atoms with Crippen molar-refractivity contribution in [2.45, 2.75) is 19.1 Å². The number of hydrogen-bond acceptors (Lipinski definition) is 5. The van der Waals surface area contributed by atoms with Gasteiger partial charge in [-0.15, -0.1) is 0 Å². The van der Waals surface area contributed by atoms with Gasteiger partial charge in [-0.2, -0.15) is 0 Å². The molecule has 1 aromatic rings. The van der Waals surface area contributed by atoms with Gasteiger partial charge in [0.2, 0.25) is 0 Å². The van der Waals surface area contributed by atoms with Crippen LogP contribution in [0.2, 0.25) is 0 Å². The smallest absolute Gasteiger partial charge is 0.161 e. The molecule has 0 radical (unpaired) electrons. The molecule has 2 heterocycles. The second-order valence-corrected chi connectivity index (χ2v) is 5.62. The first-order valence-electron chi connectivity index (χ1n) is 7.67. The third-order valence-electron chi connectivity index (χ3n) is 4.20. The Balaban J connectivity index is 1.70. The Bertz CT molecular complexity index is 479. The number of nitrogens with zero attached hydrogens (tertiary/aromatic N) is 1. The van der Waals surface area contributed by atoms with E-state index in [-0.39, 0.29) is 6.10 Å². The Morgan fingerprint density at radius 1 is 1.24 bits per heavy atom. The van der Waals surface area contributed by atoms with Crippen molar-refractivity contribution in [1.29, 1.82) is 0 Å². The molecule has 1 fully saturated rings. The molecule has 0 aromatic heterocycles. The lowest BCUT2D eigenvalue weighted by atomic mass is 10.0. The van der Waals surface area contributed by atoms with Gasteiger partial charge in [-0.05, 0) is 31.7 Å². The third-order valence-corrected chi connectivity index (χ3v) is 4.20. The van der Waals surface area contributed by atoms with Gasteiger partial charge in [-0.1, -0.05) is 6.07 Å². The normalized spacial score (nSPS) is 23.8. The molecule has 5 nitrogen and oxygen atoms in total. The van der Waals surface area contributed by atoms with E-state index in [4.69, 9.17) is 14.2 Å². The molecule has 2 atom stereocenters. The molecular formula is C16H24N2O3. The Kier molecular flexibility index (Phi) is 4.63. The van der Waals surface area contributed by atoms with E-state index in [1.54, 1.807) is 0 Å². The fourth-order valence-corrected chi connectivity index (χ4v) is 2.98. The molecule has 0 saturated carbocycles. The van der Waals surface area contributed by atoms with Gasteiger partial charge in [0.15, 0.2) is 11.5 Å². The van der Waals surface area contributed by atoms with Crippen LogP contribution in [0.15, 0.2) is 18.2 Å². The van der Waals surface area contributed by atoms with E-state index in [9.17, 15) is 0 Å². The number of fused-ring (bicyclic) bond motifs is 1. The van der Waals surface area contributed by atoms with Gasteiger partial charge in [-0.25, -0.2) is 0 Å². The molecule has 0 aliphatic carbocycles. The zero-order chi connectivity index (χ0) is 14.7. The second kappa shape index (κ2) is 6.64. The molecule has 116 valence electrons. The van der Waals surface area contributed by atoms with Crippen LogP contribution in [0.1, 0.15) is 18.5 Å². The third kappa shape index (κ3) is 3.31. The summed E-state index contributed by atoms with van der Waals surface area (Å²) in [5, 5.41) is 3.19. The minimum Gasteiger partial charge on any atom is -0.486 e. The first kappa shape index (κ1) is 14.6. The van der Waals surface area contributed by atoms with E-state index in [2.05, 4.69) is 29.3 Å². The maximum absolute atomic E-state index is 5.78. The average Bonchev–Trinajstić information content (AvgIpc) is 2.54. The highest BCUT2D eigenvalue weighted by Crippen LogP contribution is 2.34. The van der Waals surface area contributed by atoms with Crippen LogP contribution in [0.3, 0.4) is 0 Å². The van der Waals surface area contributed by atoms with Crippen LogP contribution < -0.4 is 14.8 Å². The number of benzene rings is 1. The number of nitrogens with one attached hydrogen (secondary N) is 1. The van der Waals surface area contributed by atoms with Crippen LogP contribution >= 0.6 is 0 Å². The molecule has 1 saturated heterocycles. The lowest BCUT2D eigenvalue weighted by Gasteiger charge is -2.37. The van der Waals surface area contributed by atoms with Crippen molar-refractivity contribution < 1.29 is 14.2 Å². The maximum atomic E-state index is 5.78. The highest BCUT2D eigenvalue weighted by atomic mass is 16.6. The predicted molar refractivity (Wildman–Crippen MR) is 81.1 cm³/mol. The van der Waals surface area contributed by atoms with Crippen molar-refractivity contribution in [1.82, 2.24) is 10.2 Å². The van der Waals surface area contributed by atoms with Crippen LogP contribution in [-0.2, 0) is 4.74 Å². The zero-order valence-corrected chi connectivity index (χ0v) is 12.8. The van der Waals surface area contributed by atoms with Crippen molar-refractivity contribution in [2.75, 3.05) is 46.5 Å². The lowest BCUT2D eigenvalue weighted by molar-refractivity contribution is -0.0393. The summed E-state index contributed by atoms with van der Waals surface area (Å²) >= 11 is 0. The lowest BCUT2D eigenvalue weighted by Crippen LogP contribution is -2.46. The summed E-state index contributed by atoms with van der Waals surface area (Å²) < 4.78 is 17.0. The number of ether oxygens (including phenoxy) is 3. The van der Waals surface area contributed by atoms with Crippen LogP contribution in [0.4, 0.5) is 0 Å². The number of hydrogen-bond donors (Lipinski definition) is 1. The standard InChI is InChI=1S/C16H24N2O3/c1-12(18-5-6-19-14(11-18)10-17-2)13-3-4-15-16(9-13)21-8-7-20-15/h3-4,9,12,14,17H,5-8,10-11H2,1-2H3. The summed E-state index contributed by atoms with van der Waals surface area (Å²) in [6.07, 6.45) is 0.267. The van der Waals surface area contributed by atoms with Crippen molar-refractivity contribution in [3.8, 4) is 11.5 Å². The highest BCUT2D eigenvalue weighted by Gasteiger charge is 2.25. The molecule has 21 heavy (non-hydrogen) atoms. The summed E-state index contributed by atoms with van der Waals surface area (Å²) in [5.74, 6) is 1.72. The molecule has 5 heteroatoms. The summed E-state index contributed by atoms with van der Waals surface area (Å²) in [5.41, 5.74) is 1.27. The molecule has 1 aromatic carbocycles. The molecule has 0 bridgehead atoms. The first-order chi connectivity index (χ1) is 10.3. The van der Waals surface area contributed by atoms with Gasteiger partial charge >= 0.3 is 0 Å². The number of rotatable bonds is 4. The fourth-order valence-electron chi connectivity index (χ4n) is 2.98. The molecule has 1 N–H and O–H groups in total. The molecule has 0 spiro atoms. The fraction of sp³-hybridized carbons (Fsp3) is 0.625. The summed E-state index contributed by atoms with van der Waals surface area (Å²) in [6, 6.07) is 6.62. The number of morpholine rings is 1. The van der Waals surface area contributed by atoms with E-state index in [0.717, 1.165) is 37.7 Å². The maximum Gasteiger partial charge on any atom is 0.161 e. The van der Waals surface area contributed by atoms with Gasteiger partial charge < -0.3 is 19.5 Å². The second-order valence-electron chi connectivity index (χ2n) is 5.62. The van der Waals surface area contributed by atoms with Crippen LogP contribution in [-0.4, -0.2) is 57.5 Å². The quantitative estimate of drug-likeness (QED) is 0.909. The molecule has 2 aliphatic rings. The summed E-state index contributed by atoms with van der Waals surface area (Å²) in [7, 11) is 1.96. The van der Waals surface area contributed by atoms with Gasteiger partial charge in [0.1, 0.15) is 13.2 Å². The van der Waals surface area contributed by atoms with Crippen molar-refractivity contribution in [3.05, 3.63) is 23.8 Å². The van der Waals surface area contributed by atoms with Crippen molar-refractivity contribution >= 4 is 0 Å². The summed E-state index contributed by atoms with van der Waals surface area (Å²) in [6.45, 7) is 7.12. The van der Waals surface area contributed by atoms with E-state index in [1.165, 1.54) is 5.56 Å². The zero-order valence-electron chi connectivity index (χ0n) is 12.8. The summed E-state index contributed by atoms with van der Waals surface area (Å²) in [4.78, 5) is 2.47. The molecule has 2 aliphatic heterocycles. The Morgan fingerprint density at radius 2 is 2.05 bits per heavy atom. The van der Waals surface area contributed by atoms with E-state index in [0.29, 0.717) is 19.3 Å². The average molecular weight is 292 g/mol. The monoisotopic (exact) mass is 292 g/mol. The Labute approximate surface area is 126 Å². The Hall–Kier alpha value is -1.30. The van der Waals surface area contributed by atoms with Gasteiger partial charge in [-0.3, -0.25) is 4.90 Å². The predicted octanol–water partition coefficient (Wildman–Crippen LogP) is 1.44. The van der Waals surface area contributed by atoms with E-state index < -0.39 is 0 Å². The van der Waals surface area contributed by atoms with Crippen molar-refractivity contribution in [2.24, 2.45) is 0 Å². The SMILES string of the molecule is CNCC1CN(C(C)c2ccc3c(c2)OCCO3)CCO1. The molecule has 2 unspecified atom stereocenters. The van der Waals surface area contributed by atoms with Crippen LogP contribution in [0, 0.1) is 0 Å². The highest BCUT2D eigenvalue weighted by molar-refractivity contribution is 5.44. The van der Waals surface area contributed by atoms with E-state index in [1.807, 2.05) is 13.1 Å². The largest absolute Gasteiger partial charge is 0.486 e. The van der Waals surface area contributed by atoms with Crippen molar-refractivity contribution in [3.63, 3.8) is 0 Å². The minimum atomic E-state index is 0.267. The van der Waals surface area contributed by atoms with Crippen LogP contribution in [0.5, 0.6) is 11.5 Å². The number of likely N-dealkylation sites (N-methyl/N-ethyl adjacent to an activating group) is 1. The first-order valence-corrected chi connectivity index (χ1v) is 7.67. The van der Waals surface area contributed by atoms with Gasteiger partial charge in [0, 0.05) is 25.7 Å². The van der Waals surface area contributed by atoms with Crippen LogP contribution in [0.25, 0.3) is 0 Å². The minimum absolute atomic E-state index is 0.267. The van der Waals surface area contributed by atoms with Gasteiger partial charge in [0.25, 0.3) is 0 Å². The van der Waals surface area contributed by atoms with Gasteiger partial charge in [0.05, 0.1) is 12.7 Å². The molecular weight excluding hydrogens is 268 g/mol. The molecule has 0 amide bonds.